The van der Waals surface area contributed by atoms with Crippen LogP contribution in [0.2, 0.25) is 0 Å². The van der Waals surface area contributed by atoms with Crippen molar-refractivity contribution in [1.82, 2.24) is 10.2 Å². The average molecular weight is 485 g/mol. The molecule has 10 nitrogen and oxygen atoms in total. The van der Waals surface area contributed by atoms with Crippen LogP contribution in [0.3, 0.4) is 0 Å². The second kappa shape index (κ2) is 11.8. The summed E-state index contributed by atoms with van der Waals surface area (Å²) in [5, 5.41) is 1.76. The largest absolute Gasteiger partial charge is 1.00 e. The van der Waals surface area contributed by atoms with Gasteiger partial charge in [0.15, 0.2) is 0 Å². The van der Waals surface area contributed by atoms with Gasteiger partial charge in [-0.05, 0) is 13.2 Å². The summed E-state index contributed by atoms with van der Waals surface area (Å²) < 4.78 is 16.6. The second-order valence-corrected chi connectivity index (χ2v) is 9.01. The molecule has 0 bridgehead atoms. The van der Waals surface area contributed by atoms with Crippen molar-refractivity contribution in [3.63, 3.8) is 0 Å². The van der Waals surface area contributed by atoms with E-state index >= 15 is 0 Å². The predicted octanol–water partition coefficient (Wildman–Crippen LogP) is -7.22. The Morgan fingerprint density at radius 3 is 2.48 bits per heavy atom. The van der Waals surface area contributed by atoms with E-state index in [4.69, 9.17) is 10.5 Å². The number of amides is 2. The van der Waals surface area contributed by atoms with Crippen molar-refractivity contribution in [1.29, 1.82) is 0 Å². The van der Waals surface area contributed by atoms with Crippen LogP contribution in [0.1, 0.15) is 18.5 Å². The normalized spacial score (nSPS) is 21.0. The fraction of sp³-hybridized carbons (Fsp3) is 0.353. The summed E-state index contributed by atoms with van der Waals surface area (Å²) in [5.74, 6) is -1.93. The zero-order chi connectivity index (χ0) is 21.3. The Bertz CT molecular complexity index is 928. The fourth-order valence-electron chi connectivity index (χ4n) is 3.09. The van der Waals surface area contributed by atoms with Gasteiger partial charge in [0.25, 0.3) is 5.91 Å². The molecular weight excluding hydrogens is 467 g/mol. The van der Waals surface area contributed by atoms with Gasteiger partial charge in [-0.15, -0.1) is 11.8 Å². The quantitative estimate of drug-likeness (QED) is 0.172. The molecule has 0 aliphatic carbocycles. The first kappa shape index (κ1) is 28.9. The summed E-state index contributed by atoms with van der Waals surface area (Å²) in [5.41, 5.74) is 5.82. The summed E-state index contributed by atoms with van der Waals surface area (Å²) in [6, 6.07) is 6.52. The maximum atomic E-state index is 12.5. The molecule has 3 atom stereocenters. The Morgan fingerprint density at radius 2 is 1.94 bits per heavy atom. The van der Waals surface area contributed by atoms with Gasteiger partial charge in [-0.3, -0.25) is 19.3 Å². The van der Waals surface area contributed by atoms with Crippen LogP contribution in [0, 0.1) is 0 Å². The third-order valence-electron chi connectivity index (χ3n) is 4.46. The number of carbonyl (C=O) groups is 3. The molecule has 0 aromatic heterocycles. The van der Waals surface area contributed by atoms with Crippen LogP contribution in [0.25, 0.3) is 0 Å². The molecule has 3 N–H and O–H groups in total. The molecule has 2 aliphatic rings. The van der Waals surface area contributed by atoms with Gasteiger partial charge in [-0.1, -0.05) is 30.3 Å². The molecule has 1 fully saturated rings. The van der Waals surface area contributed by atoms with Crippen molar-refractivity contribution in [3.8, 4) is 0 Å². The Balaban J connectivity index is 0.00000240. The van der Waals surface area contributed by atoms with Gasteiger partial charge in [-0.25, -0.2) is 0 Å². The van der Waals surface area contributed by atoms with Crippen LogP contribution in [0.15, 0.2) is 41.3 Å². The van der Waals surface area contributed by atoms with E-state index < -0.39 is 54.9 Å². The number of fused-ring (bicyclic) bond motifs is 1. The van der Waals surface area contributed by atoms with E-state index in [1.807, 2.05) is 0 Å². The summed E-state index contributed by atoms with van der Waals surface area (Å²) in [7, 11) is -5.32. The van der Waals surface area contributed by atoms with Gasteiger partial charge in [-0.2, -0.15) is 0 Å². The number of thioether (sulfide) groups is 1. The van der Waals surface area contributed by atoms with E-state index in [9.17, 15) is 28.7 Å². The Labute approximate surface area is 227 Å². The first-order chi connectivity index (χ1) is 13.6. The number of nitrogens with zero attached hydrogens (tertiary/aromatic N) is 1. The van der Waals surface area contributed by atoms with Crippen molar-refractivity contribution in [2.24, 2.45) is 5.73 Å². The number of β-lactam (4-membered cyclic amide) rings is 1. The first-order valence-electron chi connectivity index (χ1n) is 8.55. The Morgan fingerprint density at radius 1 is 1.32 bits per heavy atom. The molecule has 0 spiro atoms. The van der Waals surface area contributed by atoms with Crippen molar-refractivity contribution in [2.45, 2.75) is 24.4 Å². The van der Waals surface area contributed by atoms with Crippen LogP contribution < -0.4 is 80.0 Å². The van der Waals surface area contributed by atoms with E-state index in [-0.39, 0.29) is 70.4 Å². The Hall–Kier alpha value is -0.170. The SMILES string of the molecule is CC(=O)OCC1=C(P(=O)([O-])[O-])N2C(=O)[C@@H](NC(=O)C(N)c3ccccc3)[C@@H]2SC1.[Na+].[Na+]. The molecule has 156 valence electrons. The van der Waals surface area contributed by atoms with Crippen molar-refractivity contribution in [2.75, 3.05) is 12.4 Å². The number of carbonyl (C=O) groups excluding carboxylic acids is 3. The number of hydrogen-bond donors (Lipinski definition) is 2. The predicted molar refractivity (Wildman–Crippen MR) is 99.7 cm³/mol. The maximum absolute atomic E-state index is 12.5. The second-order valence-electron chi connectivity index (χ2n) is 6.49. The molecule has 2 amide bonds. The summed E-state index contributed by atoms with van der Waals surface area (Å²) >= 11 is 1.16. The standard InChI is InChI=1S/C17H20N3O7PS.2Na/c1-9(21)27-7-11-8-29-17-13(15(23)20(17)16(11)28(24,25)26)19-14(22)12(18)10-5-3-2-4-6-10;;/h2-6,12-13,17H,7-8,18H2,1H3,(H,19,22)(H2,24,25,26);;/q;2*+1/p-2/t12?,13-,17+;;/m1../s1. The van der Waals surface area contributed by atoms with Gasteiger partial charge in [0.2, 0.25) is 5.91 Å². The average Bonchev–Trinajstić information content (AvgIpc) is 2.68. The van der Waals surface area contributed by atoms with E-state index in [0.29, 0.717) is 5.56 Å². The molecule has 1 unspecified atom stereocenters. The summed E-state index contributed by atoms with van der Waals surface area (Å²) in [4.78, 5) is 60.3. The van der Waals surface area contributed by atoms with Crippen LogP contribution in [-0.2, 0) is 23.7 Å². The minimum absolute atomic E-state index is 0. The van der Waals surface area contributed by atoms with Gasteiger partial charge < -0.3 is 30.1 Å². The smallest absolute Gasteiger partial charge is 0.806 e. The number of ether oxygens (including phenoxy) is 1. The van der Waals surface area contributed by atoms with Gasteiger partial charge in [0, 0.05) is 18.2 Å². The van der Waals surface area contributed by atoms with Crippen LogP contribution >= 0.6 is 19.4 Å². The van der Waals surface area contributed by atoms with Gasteiger partial charge in [0.1, 0.15) is 24.1 Å². The number of esters is 1. The molecule has 1 saturated heterocycles. The fourth-order valence-corrected chi connectivity index (χ4v) is 5.62. The Kier molecular flexibility index (Phi) is 11.0. The van der Waals surface area contributed by atoms with Crippen molar-refractivity contribution in [3.05, 3.63) is 46.9 Å². The number of rotatable bonds is 6. The van der Waals surface area contributed by atoms with E-state index in [1.165, 1.54) is 0 Å². The molecule has 0 saturated carbocycles. The number of hydrogen-bond acceptors (Lipinski definition) is 9. The van der Waals surface area contributed by atoms with E-state index in [1.54, 1.807) is 30.3 Å². The third kappa shape index (κ3) is 6.45. The number of nitrogens with two attached hydrogens (primary N) is 1. The monoisotopic (exact) mass is 485 g/mol. The summed E-state index contributed by atoms with van der Waals surface area (Å²) in [6.07, 6.45) is 0. The van der Waals surface area contributed by atoms with Crippen LogP contribution in [0.5, 0.6) is 0 Å². The first-order valence-corrected chi connectivity index (χ1v) is 11.1. The van der Waals surface area contributed by atoms with Crippen LogP contribution in [0.4, 0.5) is 0 Å². The molecule has 3 rings (SSSR count). The van der Waals surface area contributed by atoms with Gasteiger partial charge >= 0.3 is 65.1 Å². The molecule has 1 aromatic carbocycles. The van der Waals surface area contributed by atoms with E-state index in [2.05, 4.69) is 5.32 Å². The van der Waals surface area contributed by atoms with Crippen molar-refractivity contribution < 1.29 is 92.6 Å². The minimum Gasteiger partial charge on any atom is -0.806 e. The minimum atomic E-state index is -5.32. The number of nitrogens with one attached hydrogen (secondary N) is 1. The van der Waals surface area contributed by atoms with Gasteiger partial charge in [0.05, 0.1) is 5.44 Å². The van der Waals surface area contributed by atoms with E-state index in [0.717, 1.165) is 23.6 Å². The number of benzene rings is 1. The summed E-state index contributed by atoms with van der Waals surface area (Å²) in [6.45, 7) is 0.738. The topological polar surface area (TPSA) is 165 Å². The zero-order valence-electron chi connectivity index (χ0n) is 17.3. The van der Waals surface area contributed by atoms with Crippen molar-refractivity contribution >= 4 is 37.1 Å². The maximum Gasteiger partial charge on any atom is 1.00 e. The molecule has 2 aliphatic heterocycles. The molecular formula is C17H18N3Na2O7PS. The molecule has 0 radical (unpaired) electrons. The molecule has 1 aromatic rings. The van der Waals surface area contributed by atoms with Crippen LogP contribution in [-0.4, -0.2) is 46.5 Å². The molecule has 2 heterocycles. The molecule has 14 heteroatoms. The molecule has 31 heavy (non-hydrogen) atoms. The zero-order valence-corrected chi connectivity index (χ0v) is 23.0. The third-order valence-corrected chi connectivity index (χ3v) is 6.85.